The van der Waals surface area contributed by atoms with E-state index in [1.54, 1.807) is 6.92 Å². The molecule has 1 heterocycles. The van der Waals surface area contributed by atoms with Crippen LogP contribution in [0, 0.1) is 18.3 Å². The number of nitrogens with zero attached hydrogens (tertiary/aromatic N) is 1. The van der Waals surface area contributed by atoms with Gasteiger partial charge in [-0.3, -0.25) is 14.9 Å². The van der Waals surface area contributed by atoms with Gasteiger partial charge in [0.2, 0.25) is 11.8 Å². The summed E-state index contributed by atoms with van der Waals surface area (Å²) in [5.74, 6) is 0.385. The molecular formula is C10H12N2O3. The minimum atomic E-state index is -0.856. The lowest BCUT2D eigenvalue weighted by Crippen LogP contribution is -2.59. The smallest absolute Gasteiger partial charge is 0.277 e. The molecule has 1 rings (SSSR count). The van der Waals surface area contributed by atoms with E-state index in [2.05, 4.69) is 11.2 Å². The van der Waals surface area contributed by atoms with E-state index in [4.69, 9.17) is 6.42 Å². The maximum absolute atomic E-state index is 11.7. The summed E-state index contributed by atoms with van der Waals surface area (Å²) in [6, 6.07) is -1.32. The number of hydrogen-bond donors (Lipinski definition) is 1. The third kappa shape index (κ3) is 1.84. The summed E-state index contributed by atoms with van der Waals surface area (Å²) < 4.78 is 0. The molecule has 15 heavy (non-hydrogen) atoms. The number of amides is 4. The molecule has 0 aliphatic carbocycles. The molecule has 0 aromatic heterocycles. The van der Waals surface area contributed by atoms with Crippen LogP contribution in [0.2, 0.25) is 0 Å². The van der Waals surface area contributed by atoms with Crippen molar-refractivity contribution in [1.29, 1.82) is 0 Å². The van der Waals surface area contributed by atoms with Crippen molar-refractivity contribution in [2.75, 3.05) is 0 Å². The van der Waals surface area contributed by atoms with E-state index in [1.807, 2.05) is 0 Å². The predicted molar refractivity (Wildman–Crippen MR) is 52.5 cm³/mol. The number of urea groups is 1. The van der Waals surface area contributed by atoms with Crippen molar-refractivity contribution in [3.8, 4) is 12.3 Å². The summed E-state index contributed by atoms with van der Waals surface area (Å²) in [4.78, 5) is 35.1. The Hall–Kier alpha value is -1.83. The molecule has 1 fully saturated rings. The number of carbonyl (C=O) groups excluding carboxylic acids is 3. The van der Waals surface area contributed by atoms with Crippen LogP contribution >= 0.6 is 0 Å². The number of terminal acetylenes is 1. The van der Waals surface area contributed by atoms with Crippen molar-refractivity contribution in [1.82, 2.24) is 10.2 Å². The largest absolute Gasteiger partial charge is 0.331 e. The highest BCUT2D eigenvalue weighted by Crippen LogP contribution is 2.14. The Bertz CT molecular complexity index is 356. The van der Waals surface area contributed by atoms with Crippen LogP contribution in [0.3, 0.4) is 0 Å². The molecule has 1 aliphatic heterocycles. The number of carbonyl (C=O) groups is 3. The molecule has 0 spiro atoms. The molecule has 80 valence electrons. The van der Waals surface area contributed by atoms with Gasteiger partial charge in [0, 0.05) is 0 Å². The molecule has 2 atom stereocenters. The lowest BCUT2D eigenvalue weighted by molar-refractivity contribution is -0.142. The van der Waals surface area contributed by atoms with Crippen LogP contribution in [-0.2, 0) is 9.59 Å². The van der Waals surface area contributed by atoms with Gasteiger partial charge in [-0.05, 0) is 13.3 Å². The summed E-state index contributed by atoms with van der Waals surface area (Å²) in [6.45, 7) is 3.21. The molecule has 5 heteroatoms. The third-order valence-corrected chi connectivity index (χ3v) is 2.34. The molecule has 1 aliphatic rings. The molecule has 5 nitrogen and oxygen atoms in total. The fraction of sp³-hybridized carbons (Fsp3) is 0.500. The Morgan fingerprint density at radius 3 is 2.60 bits per heavy atom. The van der Waals surface area contributed by atoms with Crippen LogP contribution in [-0.4, -0.2) is 28.8 Å². The van der Waals surface area contributed by atoms with E-state index in [0.717, 1.165) is 4.90 Å². The molecule has 0 aromatic rings. The second-order valence-electron chi connectivity index (χ2n) is 3.32. The van der Waals surface area contributed by atoms with Gasteiger partial charge in [0.15, 0.2) is 0 Å². The van der Waals surface area contributed by atoms with Gasteiger partial charge in [0.1, 0.15) is 12.0 Å². The van der Waals surface area contributed by atoms with E-state index in [9.17, 15) is 14.4 Å². The van der Waals surface area contributed by atoms with Crippen LogP contribution in [0.5, 0.6) is 0 Å². The molecule has 0 bridgehead atoms. The summed E-state index contributed by atoms with van der Waals surface area (Å²) >= 11 is 0. The monoisotopic (exact) mass is 208 g/mol. The average Bonchev–Trinajstić information content (AvgIpc) is 2.21. The molecule has 0 saturated carbocycles. The van der Waals surface area contributed by atoms with Gasteiger partial charge in [0.25, 0.3) is 0 Å². The Kier molecular flexibility index (Phi) is 3.10. The Labute approximate surface area is 87.8 Å². The average molecular weight is 208 g/mol. The summed E-state index contributed by atoms with van der Waals surface area (Å²) in [7, 11) is 0. The molecule has 4 amide bonds. The molecule has 0 radical (unpaired) electrons. The van der Waals surface area contributed by atoms with Gasteiger partial charge in [-0.15, -0.1) is 6.42 Å². The van der Waals surface area contributed by atoms with E-state index in [-0.39, 0.29) is 0 Å². The zero-order chi connectivity index (χ0) is 11.6. The van der Waals surface area contributed by atoms with E-state index in [1.165, 1.54) is 6.92 Å². The highest BCUT2D eigenvalue weighted by molar-refractivity contribution is 6.16. The maximum Gasteiger partial charge on any atom is 0.331 e. The van der Waals surface area contributed by atoms with Gasteiger partial charge in [0.05, 0.1) is 0 Å². The first-order chi connectivity index (χ1) is 7.02. The van der Waals surface area contributed by atoms with Crippen LogP contribution in [0.25, 0.3) is 0 Å². The van der Waals surface area contributed by atoms with E-state index < -0.39 is 29.8 Å². The number of rotatable bonds is 2. The Balaban J connectivity index is 2.98. The predicted octanol–water partition coefficient (Wildman–Crippen LogP) is 0.113. The first kappa shape index (κ1) is 11.2. The first-order valence-electron chi connectivity index (χ1n) is 4.67. The normalized spacial score (nSPS) is 23.4. The van der Waals surface area contributed by atoms with E-state index >= 15 is 0 Å². The number of barbiturate groups is 1. The SMILES string of the molecule is C#CC(CC)N1C(=O)NC(=O)C(C)C1=O. The summed E-state index contributed by atoms with van der Waals surface area (Å²) in [5.41, 5.74) is 0. The van der Waals surface area contributed by atoms with Gasteiger partial charge in [-0.1, -0.05) is 12.8 Å². The lowest BCUT2D eigenvalue weighted by atomic mass is 10.1. The van der Waals surface area contributed by atoms with Crippen molar-refractivity contribution in [3.63, 3.8) is 0 Å². The molecule has 0 aromatic carbocycles. The standard InChI is InChI=1S/C10H12N2O3/c1-4-7(5-2)12-9(14)6(3)8(13)11-10(12)15/h1,6-7H,5H2,2-3H3,(H,11,13,15). The quantitative estimate of drug-likeness (QED) is 0.517. The van der Waals surface area contributed by atoms with Crippen LogP contribution in [0.4, 0.5) is 4.79 Å². The van der Waals surface area contributed by atoms with Crippen LogP contribution in [0.1, 0.15) is 20.3 Å². The topological polar surface area (TPSA) is 66.5 Å². The van der Waals surface area contributed by atoms with Gasteiger partial charge < -0.3 is 0 Å². The van der Waals surface area contributed by atoms with Crippen molar-refractivity contribution < 1.29 is 14.4 Å². The van der Waals surface area contributed by atoms with Crippen molar-refractivity contribution in [2.24, 2.45) is 5.92 Å². The second kappa shape index (κ2) is 4.13. The van der Waals surface area contributed by atoms with Gasteiger partial charge >= 0.3 is 6.03 Å². The van der Waals surface area contributed by atoms with Gasteiger partial charge in [-0.25, -0.2) is 9.69 Å². The summed E-state index contributed by atoms with van der Waals surface area (Å²) in [6.07, 6.45) is 5.68. The minimum Gasteiger partial charge on any atom is -0.277 e. The van der Waals surface area contributed by atoms with E-state index in [0.29, 0.717) is 6.42 Å². The first-order valence-corrected chi connectivity index (χ1v) is 4.67. The molecular weight excluding hydrogens is 196 g/mol. The highest BCUT2D eigenvalue weighted by atomic mass is 16.2. The summed E-state index contributed by atoms with van der Waals surface area (Å²) in [5, 5.41) is 2.09. The molecule has 1 N–H and O–H groups in total. The number of nitrogens with one attached hydrogen (secondary N) is 1. The molecule has 2 unspecified atom stereocenters. The van der Waals surface area contributed by atoms with Crippen LogP contribution < -0.4 is 5.32 Å². The lowest BCUT2D eigenvalue weighted by Gasteiger charge is -2.31. The number of hydrogen-bond acceptors (Lipinski definition) is 3. The van der Waals surface area contributed by atoms with Crippen LogP contribution in [0.15, 0.2) is 0 Å². The Morgan fingerprint density at radius 2 is 2.13 bits per heavy atom. The second-order valence-corrected chi connectivity index (χ2v) is 3.32. The highest BCUT2D eigenvalue weighted by Gasteiger charge is 2.40. The molecule has 1 saturated heterocycles. The van der Waals surface area contributed by atoms with Gasteiger partial charge in [-0.2, -0.15) is 0 Å². The Morgan fingerprint density at radius 1 is 1.53 bits per heavy atom. The van der Waals surface area contributed by atoms with Crippen molar-refractivity contribution in [2.45, 2.75) is 26.3 Å². The zero-order valence-corrected chi connectivity index (χ0v) is 8.61. The fourth-order valence-corrected chi connectivity index (χ4v) is 1.36. The number of imide groups is 2. The maximum atomic E-state index is 11.7. The third-order valence-electron chi connectivity index (χ3n) is 2.34. The fourth-order valence-electron chi connectivity index (χ4n) is 1.36. The zero-order valence-electron chi connectivity index (χ0n) is 8.61. The van der Waals surface area contributed by atoms with Crippen molar-refractivity contribution in [3.05, 3.63) is 0 Å². The minimum absolute atomic E-state index is 0.469. The van der Waals surface area contributed by atoms with Crippen molar-refractivity contribution >= 4 is 17.8 Å².